The van der Waals surface area contributed by atoms with Crippen molar-refractivity contribution in [1.29, 1.82) is 0 Å². The number of hydrogen-bond donors (Lipinski definition) is 1. The Labute approximate surface area is 159 Å². The third-order valence-electron chi connectivity index (χ3n) is 5.00. The molecule has 3 aromatic heterocycles. The second-order valence-corrected chi connectivity index (χ2v) is 8.74. The Bertz CT molecular complexity index is 1050. The molecule has 0 fully saturated rings. The van der Waals surface area contributed by atoms with E-state index >= 15 is 0 Å². The van der Waals surface area contributed by atoms with Gasteiger partial charge >= 0.3 is 0 Å². The third kappa shape index (κ3) is 2.99. The Balaban J connectivity index is 1.69. The first-order chi connectivity index (χ1) is 12.6. The normalized spacial score (nSPS) is 14.2. The minimum absolute atomic E-state index is 0.00815. The first-order valence-electron chi connectivity index (χ1n) is 8.90. The summed E-state index contributed by atoms with van der Waals surface area (Å²) in [6.45, 7) is 5.14. The number of hydrogen-bond acceptors (Lipinski definition) is 5. The highest BCUT2D eigenvalue weighted by Crippen LogP contribution is 2.28. The zero-order valence-electron chi connectivity index (χ0n) is 14.9. The van der Waals surface area contributed by atoms with Gasteiger partial charge in [-0.25, -0.2) is 4.98 Å². The Morgan fingerprint density at radius 3 is 2.92 bits per heavy atom. The van der Waals surface area contributed by atoms with E-state index in [1.165, 1.54) is 16.9 Å². The minimum Gasteiger partial charge on any atom is -0.346 e. The van der Waals surface area contributed by atoms with Crippen LogP contribution >= 0.6 is 22.7 Å². The van der Waals surface area contributed by atoms with E-state index in [0.717, 1.165) is 48.5 Å². The van der Waals surface area contributed by atoms with Crippen molar-refractivity contribution in [2.24, 2.45) is 0 Å². The van der Waals surface area contributed by atoms with E-state index in [-0.39, 0.29) is 11.5 Å². The molecule has 1 aliphatic rings. The molecule has 26 heavy (non-hydrogen) atoms. The largest absolute Gasteiger partial charge is 0.346 e. The van der Waals surface area contributed by atoms with E-state index in [1.807, 2.05) is 23.8 Å². The van der Waals surface area contributed by atoms with Crippen LogP contribution in [0.25, 0.3) is 10.2 Å². The third-order valence-corrected chi connectivity index (χ3v) is 7.20. The number of aryl methyl sites for hydroxylation is 3. The molecule has 0 bridgehead atoms. The average molecular weight is 388 g/mol. The molecule has 3 aromatic rings. The lowest BCUT2D eigenvalue weighted by Gasteiger charge is -2.08. The number of thiophene rings is 2. The van der Waals surface area contributed by atoms with Crippen LogP contribution in [0.15, 0.2) is 16.2 Å². The first kappa shape index (κ1) is 17.4. The molecule has 0 unspecified atom stereocenters. The molecule has 0 radical (unpaired) electrons. The quantitative estimate of drug-likeness (QED) is 0.744. The number of fused-ring (bicyclic) bond motifs is 2. The van der Waals surface area contributed by atoms with E-state index in [9.17, 15) is 9.59 Å². The van der Waals surface area contributed by atoms with Gasteiger partial charge in [0.05, 0.1) is 16.8 Å². The van der Waals surface area contributed by atoms with Crippen LogP contribution in [0.4, 0.5) is 0 Å². The van der Waals surface area contributed by atoms with Crippen molar-refractivity contribution in [3.05, 3.63) is 48.5 Å². The molecule has 1 amide bonds. The topological polar surface area (TPSA) is 64.0 Å². The van der Waals surface area contributed by atoms with Gasteiger partial charge < -0.3 is 5.32 Å². The molecular formula is C19H21N3O2S2. The highest BCUT2D eigenvalue weighted by molar-refractivity contribution is 7.20. The molecule has 7 heteroatoms. The van der Waals surface area contributed by atoms with Crippen molar-refractivity contribution in [2.45, 2.75) is 52.6 Å². The molecule has 1 aliphatic heterocycles. The number of carbonyl (C=O) groups is 1. The number of nitrogens with zero attached hydrogens (tertiary/aromatic N) is 2. The maximum atomic E-state index is 13.0. The van der Waals surface area contributed by atoms with Crippen molar-refractivity contribution in [2.75, 3.05) is 0 Å². The van der Waals surface area contributed by atoms with Gasteiger partial charge in [-0.2, -0.15) is 0 Å². The van der Waals surface area contributed by atoms with E-state index in [2.05, 4.69) is 11.4 Å². The predicted molar refractivity (Wildman–Crippen MR) is 106 cm³/mol. The Hall–Kier alpha value is -1.99. The zero-order chi connectivity index (χ0) is 18.3. The van der Waals surface area contributed by atoms with Crippen LogP contribution in [0, 0.1) is 13.8 Å². The Morgan fingerprint density at radius 2 is 2.15 bits per heavy atom. The van der Waals surface area contributed by atoms with E-state index in [0.29, 0.717) is 21.6 Å². The maximum absolute atomic E-state index is 13.0. The number of amides is 1. The summed E-state index contributed by atoms with van der Waals surface area (Å²) in [5.41, 5.74) is 1.95. The molecule has 136 valence electrons. The van der Waals surface area contributed by atoms with Crippen molar-refractivity contribution in [1.82, 2.24) is 14.9 Å². The highest BCUT2D eigenvalue weighted by Gasteiger charge is 2.22. The lowest BCUT2D eigenvalue weighted by atomic mass is 10.2. The lowest BCUT2D eigenvalue weighted by Crippen LogP contribution is -2.25. The minimum atomic E-state index is -0.127. The maximum Gasteiger partial charge on any atom is 0.262 e. The molecule has 0 atom stereocenters. The average Bonchev–Trinajstić information content (AvgIpc) is 3.07. The van der Waals surface area contributed by atoms with Crippen LogP contribution in [0.1, 0.15) is 50.8 Å². The van der Waals surface area contributed by atoms with Gasteiger partial charge in [0.2, 0.25) is 0 Å². The van der Waals surface area contributed by atoms with Gasteiger partial charge in [-0.3, -0.25) is 14.2 Å². The van der Waals surface area contributed by atoms with E-state index < -0.39 is 0 Å². The highest BCUT2D eigenvalue weighted by atomic mass is 32.1. The van der Waals surface area contributed by atoms with Gasteiger partial charge in [0, 0.05) is 17.8 Å². The van der Waals surface area contributed by atoms with Crippen LogP contribution < -0.4 is 10.9 Å². The molecule has 0 saturated carbocycles. The summed E-state index contributed by atoms with van der Waals surface area (Å²) in [6.07, 6.45) is 4.04. The van der Waals surface area contributed by atoms with Crippen molar-refractivity contribution < 1.29 is 4.79 Å². The molecule has 1 N–H and O–H groups in total. The van der Waals surface area contributed by atoms with Crippen LogP contribution in [0.3, 0.4) is 0 Å². The SMILES string of the molecule is Cc1ccsc1CNC(=O)c1sc2nc3n(c(=O)c2c1C)CCCCC3. The summed E-state index contributed by atoms with van der Waals surface area (Å²) >= 11 is 2.97. The van der Waals surface area contributed by atoms with Gasteiger partial charge in [0.1, 0.15) is 10.7 Å². The van der Waals surface area contributed by atoms with Crippen molar-refractivity contribution >= 4 is 38.8 Å². The lowest BCUT2D eigenvalue weighted by molar-refractivity contribution is 0.0955. The van der Waals surface area contributed by atoms with Crippen LogP contribution in [0.5, 0.6) is 0 Å². The molecule has 4 rings (SSSR count). The van der Waals surface area contributed by atoms with Gasteiger partial charge in [0.25, 0.3) is 11.5 Å². The van der Waals surface area contributed by atoms with Gasteiger partial charge in [0.15, 0.2) is 0 Å². The summed E-state index contributed by atoms with van der Waals surface area (Å²) in [5, 5.41) is 5.62. The van der Waals surface area contributed by atoms with Crippen LogP contribution in [0.2, 0.25) is 0 Å². The molecular weight excluding hydrogens is 366 g/mol. The van der Waals surface area contributed by atoms with Crippen molar-refractivity contribution in [3.8, 4) is 0 Å². The fourth-order valence-electron chi connectivity index (χ4n) is 3.45. The van der Waals surface area contributed by atoms with Crippen LogP contribution in [-0.4, -0.2) is 15.5 Å². The summed E-state index contributed by atoms with van der Waals surface area (Å²) < 4.78 is 1.81. The summed E-state index contributed by atoms with van der Waals surface area (Å²) in [5.74, 6) is 0.736. The van der Waals surface area contributed by atoms with Gasteiger partial charge in [-0.15, -0.1) is 22.7 Å². The molecule has 0 aliphatic carbocycles. The number of carbonyl (C=O) groups excluding carboxylic acids is 1. The molecule has 0 spiro atoms. The molecule has 4 heterocycles. The summed E-state index contributed by atoms with van der Waals surface area (Å²) in [7, 11) is 0. The molecule has 0 aromatic carbocycles. The number of rotatable bonds is 3. The fourth-order valence-corrected chi connectivity index (χ4v) is 5.41. The first-order valence-corrected chi connectivity index (χ1v) is 10.6. The number of aromatic nitrogens is 2. The van der Waals surface area contributed by atoms with Crippen LogP contribution in [-0.2, 0) is 19.5 Å². The molecule has 5 nitrogen and oxygen atoms in total. The Morgan fingerprint density at radius 1 is 1.31 bits per heavy atom. The van der Waals surface area contributed by atoms with Gasteiger partial charge in [-0.05, 0) is 49.3 Å². The second-order valence-electron chi connectivity index (χ2n) is 6.74. The predicted octanol–water partition coefficient (Wildman–Crippen LogP) is 3.79. The summed E-state index contributed by atoms with van der Waals surface area (Å²) in [4.78, 5) is 32.8. The standard InChI is InChI=1S/C19H21N3O2S2/c1-11-7-9-25-13(11)10-20-17(23)16-12(2)15-18(26-16)21-14-6-4-3-5-8-22(14)19(15)24/h7,9H,3-6,8,10H2,1-2H3,(H,20,23). The van der Waals surface area contributed by atoms with E-state index in [1.54, 1.807) is 11.3 Å². The van der Waals surface area contributed by atoms with Gasteiger partial charge in [-0.1, -0.05) is 6.42 Å². The monoisotopic (exact) mass is 387 g/mol. The zero-order valence-corrected chi connectivity index (χ0v) is 16.6. The summed E-state index contributed by atoms with van der Waals surface area (Å²) in [6, 6.07) is 2.05. The Kier molecular flexibility index (Phi) is 4.67. The number of nitrogens with one attached hydrogen (secondary N) is 1. The van der Waals surface area contributed by atoms with Crippen molar-refractivity contribution in [3.63, 3.8) is 0 Å². The smallest absolute Gasteiger partial charge is 0.262 e. The second kappa shape index (κ2) is 6.96. The molecule has 0 saturated heterocycles. The van der Waals surface area contributed by atoms with E-state index in [4.69, 9.17) is 4.98 Å². The fraction of sp³-hybridized carbons (Fsp3) is 0.421.